The summed E-state index contributed by atoms with van der Waals surface area (Å²) in [5.74, 6) is -0.989. The van der Waals surface area contributed by atoms with E-state index in [0.29, 0.717) is 5.82 Å². The molecule has 3 aromatic heterocycles. The first-order valence-electron chi connectivity index (χ1n) is 9.04. The van der Waals surface area contributed by atoms with Crippen LogP contribution in [0.25, 0.3) is 39.2 Å². The molecule has 7 nitrogen and oxygen atoms in total. The van der Waals surface area contributed by atoms with E-state index >= 15 is 0 Å². The normalized spacial score (nSPS) is 11.3. The third kappa shape index (κ3) is 3.06. The molecule has 0 aliphatic carbocycles. The molecule has 0 spiro atoms. The number of nitrogens with zero attached hydrogens (tertiary/aromatic N) is 6. The number of nitrogens with two attached hydrogens (primary N) is 1. The number of hydrogen-bond donors (Lipinski definition) is 1. The second-order valence-corrected chi connectivity index (χ2v) is 6.81. The Bertz CT molecular complexity index is 1400. The van der Waals surface area contributed by atoms with Gasteiger partial charge in [0.05, 0.1) is 22.9 Å². The highest BCUT2D eigenvalue weighted by molar-refractivity contribution is 5.83. The summed E-state index contributed by atoms with van der Waals surface area (Å²) in [5.41, 5.74) is 9.77. The van der Waals surface area contributed by atoms with Gasteiger partial charge in [0.15, 0.2) is 0 Å². The van der Waals surface area contributed by atoms with Gasteiger partial charge in [0.25, 0.3) is 0 Å². The first-order valence-corrected chi connectivity index (χ1v) is 9.04. The smallest absolute Gasteiger partial charge is 0.222 e. The van der Waals surface area contributed by atoms with Crippen molar-refractivity contribution in [1.29, 1.82) is 0 Å². The number of rotatable bonds is 3. The van der Waals surface area contributed by atoms with E-state index in [1.807, 2.05) is 31.4 Å². The van der Waals surface area contributed by atoms with Gasteiger partial charge in [-0.05, 0) is 29.8 Å². The molecule has 0 fully saturated rings. The maximum absolute atomic E-state index is 14.2. The number of imidazole rings is 1. The lowest BCUT2D eigenvalue weighted by Gasteiger charge is -2.09. The Hall–Kier alpha value is -4.14. The molecule has 148 valence electrons. The topological polar surface area (TPSA) is 87.4 Å². The van der Waals surface area contributed by atoms with Crippen molar-refractivity contribution in [3.8, 4) is 28.2 Å². The molecule has 2 aromatic carbocycles. The van der Waals surface area contributed by atoms with Crippen LogP contribution in [0.3, 0.4) is 0 Å². The van der Waals surface area contributed by atoms with Crippen molar-refractivity contribution in [3.63, 3.8) is 0 Å². The van der Waals surface area contributed by atoms with E-state index in [-0.39, 0.29) is 17.2 Å². The molecule has 2 N–H and O–H groups in total. The molecule has 0 aliphatic heterocycles. The van der Waals surface area contributed by atoms with Crippen molar-refractivity contribution >= 4 is 17.0 Å². The van der Waals surface area contributed by atoms with Crippen LogP contribution in [0.4, 0.5) is 14.7 Å². The second kappa shape index (κ2) is 6.73. The molecule has 0 bridgehead atoms. The van der Waals surface area contributed by atoms with E-state index in [0.717, 1.165) is 28.2 Å². The summed E-state index contributed by atoms with van der Waals surface area (Å²) >= 11 is 0. The van der Waals surface area contributed by atoms with Crippen LogP contribution in [0, 0.1) is 11.6 Å². The van der Waals surface area contributed by atoms with Crippen LogP contribution in [0.15, 0.2) is 61.2 Å². The van der Waals surface area contributed by atoms with E-state index in [4.69, 9.17) is 5.73 Å². The van der Waals surface area contributed by atoms with Crippen molar-refractivity contribution in [3.05, 3.63) is 72.8 Å². The van der Waals surface area contributed by atoms with Gasteiger partial charge in [-0.3, -0.25) is 9.25 Å². The number of benzene rings is 2. The van der Waals surface area contributed by atoms with Crippen LogP contribution in [0.5, 0.6) is 0 Å². The lowest BCUT2D eigenvalue weighted by atomic mass is 10.1. The van der Waals surface area contributed by atoms with Gasteiger partial charge in [0, 0.05) is 36.5 Å². The van der Waals surface area contributed by atoms with Crippen molar-refractivity contribution < 1.29 is 8.78 Å². The summed E-state index contributed by atoms with van der Waals surface area (Å²) in [7, 11) is 1.86. The highest BCUT2D eigenvalue weighted by Gasteiger charge is 2.14. The van der Waals surface area contributed by atoms with Crippen LogP contribution in [-0.2, 0) is 7.05 Å². The van der Waals surface area contributed by atoms with Gasteiger partial charge < -0.3 is 5.73 Å². The Morgan fingerprint density at radius 1 is 0.967 bits per heavy atom. The zero-order chi connectivity index (χ0) is 20.8. The Kier molecular flexibility index (Phi) is 4.02. The minimum Gasteiger partial charge on any atom is -0.368 e. The van der Waals surface area contributed by atoms with E-state index < -0.39 is 11.6 Å². The van der Waals surface area contributed by atoms with E-state index in [9.17, 15) is 8.78 Å². The Balaban J connectivity index is 1.61. The lowest BCUT2D eigenvalue weighted by molar-refractivity contribution is 0.585. The minimum absolute atomic E-state index is 0.0277. The third-order valence-corrected chi connectivity index (χ3v) is 4.77. The van der Waals surface area contributed by atoms with Gasteiger partial charge in [0.2, 0.25) is 5.95 Å². The number of fused-ring (bicyclic) bond motifs is 1. The van der Waals surface area contributed by atoms with Crippen LogP contribution in [-0.4, -0.2) is 29.3 Å². The summed E-state index contributed by atoms with van der Waals surface area (Å²) in [6.07, 6.45) is 5.32. The van der Waals surface area contributed by atoms with Crippen molar-refractivity contribution in [1.82, 2.24) is 29.3 Å². The van der Waals surface area contributed by atoms with E-state index in [1.165, 1.54) is 12.1 Å². The van der Waals surface area contributed by atoms with Crippen molar-refractivity contribution in [2.75, 3.05) is 5.73 Å². The average Bonchev–Trinajstić information content (AvgIpc) is 3.33. The maximum atomic E-state index is 14.2. The van der Waals surface area contributed by atoms with Crippen LogP contribution in [0.1, 0.15) is 0 Å². The van der Waals surface area contributed by atoms with Gasteiger partial charge in [-0.1, -0.05) is 6.07 Å². The molecule has 3 heterocycles. The second-order valence-electron chi connectivity index (χ2n) is 6.81. The molecule has 0 aliphatic rings. The monoisotopic (exact) mass is 403 g/mol. The molecule has 0 unspecified atom stereocenters. The molecule has 0 radical (unpaired) electrons. The van der Waals surface area contributed by atoms with Gasteiger partial charge >= 0.3 is 0 Å². The van der Waals surface area contributed by atoms with Crippen LogP contribution in [0.2, 0.25) is 0 Å². The molecule has 5 rings (SSSR count). The number of anilines is 1. The Labute approximate surface area is 169 Å². The van der Waals surface area contributed by atoms with Gasteiger partial charge in [-0.2, -0.15) is 10.1 Å². The Morgan fingerprint density at radius 3 is 2.60 bits per heavy atom. The summed E-state index contributed by atoms with van der Waals surface area (Å²) in [4.78, 5) is 12.8. The number of hydrogen-bond acceptors (Lipinski definition) is 5. The summed E-state index contributed by atoms with van der Waals surface area (Å²) < 4.78 is 31.0. The fourth-order valence-corrected chi connectivity index (χ4v) is 3.36. The van der Waals surface area contributed by atoms with Gasteiger partial charge in [0.1, 0.15) is 23.8 Å². The predicted octanol–water partition coefficient (Wildman–Crippen LogP) is 3.74. The molecule has 0 amide bonds. The van der Waals surface area contributed by atoms with Crippen molar-refractivity contribution in [2.45, 2.75) is 0 Å². The molecule has 30 heavy (non-hydrogen) atoms. The molecule has 5 aromatic rings. The van der Waals surface area contributed by atoms with Crippen molar-refractivity contribution in [2.24, 2.45) is 7.05 Å². The Morgan fingerprint density at radius 2 is 1.83 bits per heavy atom. The third-order valence-electron chi connectivity index (χ3n) is 4.77. The standard InChI is InChI=1S/C21H15F2N7/c1-29-10-13(9-26-29)12-2-5-19-18(6-12)25-11-30(19)20-8-17(27-21(24)28-20)15-4-3-14(22)7-16(15)23/h2-11H,1H3,(H2,24,27,28). The summed E-state index contributed by atoms with van der Waals surface area (Å²) in [6.45, 7) is 0. The molecular formula is C21H15F2N7. The maximum Gasteiger partial charge on any atom is 0.222 e. The zero-order valence-corrected chi connectivity index (χ0v) is 15.8. The van der Waals surface area contributed by atoms with E-state index in [2.05, 4.69) is 20.1 Å². The average molecular weight is 403 g/mol. The minimum atomic E-state index is -0.726. The molecule has 9 heteroatoms. The van der Waals surface area contributed by atoms with Crippen LogP contribution >= 0.6 is 0 Å². The summed E-state index contributed by atoms with van der Waals surface area (Å²) in [5, 5.41) is 4.19. The van der Waals surface area contributed by atoms with Gasteiger partial charge in [-0.25, -0.2) is 18.7 Å². The molecule has 0 saturated heterocycles. The number of nitrogen functional groups attached to an aromatic ring is 1. The first-order chi connectivity index (χ1) is 14.5. The molecule has 0 saturated carbocycles. The highest BCUT2D eigenvalue weighted by atomic mass is 19.1. The summed E-state index contributed by atoms with van der Waals surface area (Å²) in [6, 6.07) is 10.7. The lowest BCUT2D eigenvalue weighted by Crippen LogP contribution is -2.04. The molecular weight excluding hydrogens is 388 g/mol. The van der Waals surface area contributed by atoms with E-state index in [1.54, 1.807) is 27.8 Å². The van der Waals surface area contributed by atoms with Gasteiger partial charge in [-0.15, -0.1) is 0 Å². The highest BCUT2D eigenvalue weighted by Crippen LogP contribution is 2.27. The fraction of sp³-hybridized carbons (Fsp3) is 0.0476. The first kappa shape index (κ1) is 17.9. The SMILES string of the molecule is Cn1cc(-c2ccc3c(c2)ncn3-c2cc(-c3ccc(F)cc3F)nc(N)n2)cn1. The molecule has 0 atom stereocenters. The number of halogens is 2. The number of aromatic nitrogens is 6. The van der Waals surface area contributed by atoms with Crippen LogP contribution < -0.4 is 5.73 Å². The zero-order valence-electron chi connectivity index (χ0n) is 15.8. The fourth-order valence-electron chi connectivity index (χ4n) is 3.36. The number of aryl methyl sites for hydroxylation is 1. The predicted molar refractivity (Wildman–Crippen MR) is 109 cm³/mol. The largest absolute Gasteiger partial charge is 0.368 e. The quantitative estimate of drug-likeness (QED) is 0.496.